The summed E-state index contributed by atoms with van der Waals surface area (Å²) in [6, 6.07) is 17.8. The Hall–Kier alpha value is -0.860. The molecule has 5 heteroatoms. The molecular formula is C12H11NaO3P+. The first-order valence-corrected chi connectivity index (χ1v) is 5.87. The minimum Gasteiger partial charge on any atom is -1.00 e. The predicted molar refractivity (Wildman–Crippen MR) is 62.9 cm³/mol. The molecule has 3 nitrogen and oxygen atoms in total. The van der Waals surface area contributed by atoms with E-state index in [1.807, 2.05) is 12.1 Å². The monoisotopic (exact) mass is 257 g/mol. The van der Waals surface area contributed by atoms with Gasteiger partial charge in [0.1, 0.15) is 0 Å². The Morgan fingerprint density at radius 2 is 1.12 bits per heavy atom. The molecule has 0 aromatic heterocycles. The SMILES string of the molecule is O=[P+](Oc1ccccc1)Oc1ccccc1.[H-].[Na+]. The van der Waals surface area contributed by atoms with E-state index >= 15 is 0 Å². The van der Waals surface area contributed by atoms with E-state index in [4.69, 9.17) is 9.05 Å². The van der Waals surface area contributed by atoms with E-state index in [2.05, 4.69) is 0 Å². The van der Waals surface area contributed by atoms with Crippen molar-refractivity contribution in [3.63, 3.8) is 0 Å². The zero-order valence-corrected chi connectivity index (χ0v) is 12.3. The molecule has 0 amide bonds. The van der Waals surface area contributed by atoms with Crippen LogP contribution in [0, 0.1) is 0 Å². The Kier molecular flexibility index (Phi) is 6.23. The summed E-state index contributed by atoms with van der Waals surface area (Å²) in [4.78, 5) is 0. The molecule has 17 heavy (non-hydrogen) atoms. The third kappa shape index (κ3) is 4.88. The largest absolute Gasteiger partial charge is 1.00 e. The van der Waals surface area contributed by atoms with E-state index in [-0.39, 0.29) is 31.0 Å². The minimum atomic E-state index is -2.18. The molecule has 0 heterocycles. The van der Waals surface area contributed by atoms with Gasteiger partial charge in [-0.2, -0.15) is 0 Å². The molecule has 82 valence electrons. The molecule has 0 unspecified atom stereocenters. The van der Waals surface area contributed by atoms with Gasteiger partial charge >= 0.3 is 37.8 Å². The molecule has 2 aromatic rings. The molecule has 0 saturated heterocycles. The Morgan fingerprint density at radius 1 is 0.765 bits per heavy atom. The van der Waals surface area contributed by atoms with Crippen LogP contribution in [0.3, 0.4) is 0 Å². The molecule has 0 aliphatic carbocycles. The molecule has 2 aromatic carbocycles. The maximum Gasteiger partial charge on any atom is 1.00 e. The fourth-order valence-corrected chi connectivity index (χ4v) is 1.78. The fourth-order valence-electron chi connectivity index (χ4n) is 1.15. The smallest absolute Gasteiger partial charge is 1.00 e. The first-order chi connectivity index (χ1) is 7.84. The van der Waals surface area contributed by atoms with Crippen LogP contribution in [0.1, 0.15) is 1.43 Å². The van der Waals surface area contributed by atoms with Gasteiger partial charge in [-0.25, -0.2) is 9.05 Å². The summed E-state index contributed by atoms with van der Waals surface area (Å²) >= 11 is 0. The first kappa shape index (κ1) is 14.2. The Morgan fingerprint density at radius 3 is 1.47 bits per heavy atom. The standard InChI is InChI=1S/C12H10O3P.Na.H/c13-16(14-11-7-3-1-4-8-11)15-12-9-5-2-6-10-12;;/h1-10H;;/q2*+1;-1. The van der Waals surface area contributed by atoms with Crippen LogP contribution in [-0.4, -0.2) is 0 Å². The van der Waals surface area contributed by atoms with E-state index < -0.39 is 8.25 Å². The summed E-state index contributed by atoms with van der Waals surface area (Å²) in [6.45, 7) is 0. The molecule has 0 N–H and O–H groups in total. The molecule has 0 aliphatic heterocycles. The molecule has 0 radical (unpaired) electrons. The van der Waals surface area contributed by atoms with Crippen molar-refractivity contribution >= 4 is 8.25 Å². The van der Waals surface area contributed by atoms with Crippen LogP contribution in [0.15, 0.2) is 60.7 Å². The summed E-state index contributed by atoms with van der Waals surface area (Å²) in [5.41, 5.74) is 0. The van der Waals surface area contributed by atoms with Gasteiger partial charge in [0.25, 0.3) is 0 Å². The molecule has 0 aliphatic rings. The summed E-state index contributed by atoms with van der Waals surface area (Å²) in [5, 5.41) is 0. The van der Waals surface area contributed by atoms with Crippen molar-refractivity contribution in [2.45, 2.75) is 0 Å². The van der Waals surface area contributed by atoms with E-state index in [0.29, 0.717) is 11.5 Å². The van der Waals surface area contributed by atoms with Crippen LogP contribution < -0.4 is 38.6 Å². The minimum absolute atomic E-state index is 0. The Labute approximate surface area is 124 Å². The van der Waals surface area contributed by atoms with Crippen molar-refractivity contribution in [2.24, 2.45) is 0 Å². The Balaban J connectivity index is 0.00000144. The molecule has 0 atom stereocenters. The van der Waals surface area contributed by atoms with Gasteiger partial charge in [0.05, 0.1) is 0 Å². The second-order valence-electron chi connectivity index (χ2n) is 3.03. The van der Waals surface area contributed by atoms with Crippen LogP contribution >= 0.6 is 8.25 Å². The average molecular weight is 257 g/mol. The maximum absolute atomic E-state index is 11.5. The first-order valence-electron chi connectivity index (χ1n) is 4.78. The third-order valence-electron chi connectivity index (χ3n) is 1.85. The summed E-state index contributed by atoms with van der Waals surface area (Å²) in [7, 11) is -2.18. The normalized spacial score (nSPS) is 8.94. The Bertz CT molecular complexity index is 424. The topological polar surface area (TPSA) is 35.5 Å². The third-order valence-corrected chi connectivity index (χ3v) is 2.57. The number of hydrogen-bond acceptors (Lipinski definition) is 3. The van der Waals surface area contributed by atoms with Gasteiger partial charge in [-0.3, -0.25) is 0 Å². The van der Waals surface area contributed by atoms with Crippen molar-refractivity contribution in [1.29, 1.82) is 0 Å². The van der Waals surface area contributed by atoms with Crippen molar-refractivity contribution in [2.75, 3.05) is 0 Å². The van der Waals surface area contributed by atoms with Gasteiger partial charge in [-0.15, -0.1) is 0 Å². The van der Waals surface area contributed by atoms with E-state index in [1.165, 1.54) is 0 Å². The summed E-state index contributed by atoms with van der Waals surface area (Å²) in [6.07, 6.45) is 0. The quantitative estimate of drug-likeness (QED) is 0.603. The van der Waals surface area contributed by atoms with Crippen molar-refractivity contribution < 1.29 is 44.6 Å². The number of benzene rings is 2. The zero-order chi connectivity index (χ0) is 11.2. The molecule has 0 fully saturated rings. The van der Waals surface area contributed by atoms with Crippen LogP contribution in [-0.2, 0) is 4.57 Å². The maximum atomic E-state index is 11.5. The van der Waals surface area contributed by atoms with E-state index in [9.17, 15) is 4.57 Å². The van der Waals surface area contributed by atoms with Crippen molar-refractivity contribution in [3.8, 4) is 11.5 Å². The van der Waals surface area contributed by atoms with Gasteiger partial charge < -0.3 is 1.43 Å². The molecular weight excluding hydrogens is 246 g/mol. The van der Waals surface area contributed by atoms with Crippen LogP contribution in [0.25, 0.3) is 0 Å². The van der Waals surface area contributed by atoms with Crippen LogP contribution in [0.5, 0.6) is 11.5 Å². The van der Waals surface area contributed by atoms with E-state index in [1.54, 1.807) is 48.5 Å². The summed E-state index contributed by atoms with van der Waals surface area (Å²) in [5.74, 6) is 1.05. The fraction of sp³-hybridized carbons (Fsp3) is 0. The second kappa shape index (κ2) is 7.46. The van der Waals surface area contributed by atoms with Crippen LogP contribution in [0.2, 0.25) is 0 Å². The molecule has 0 bridgehead atoms. The van der Waals surface area contributed by atoms with Crippen molar-refractivity contribution in [1.82, 2.24) is 0 Å². The van der Waals surface area contributed by atoms with Gasteiger partial charge in [0.2, 0.25) is 0 Å². The predicted octanol–water partition coefficient (Wildman–Crippen LogP) is 0.918. The number of hydrogen-bond donors (Lipinski definition) is 0. The van der Waals surface area contributed by atoms with Crippen LogP contribution in [0.4, 0.5) is 0 Å². The van der Waals surface area contributed by atoms with E-state index in [0.717, 1.165) is 0 Å². The van der Waals surface area contributed by atoms with Crippen molar-refractivity contribution in [3.05, 3.63) is 60.7 Å². The van der Waals surface area contributed by atoms with Gasteiger partial charge in [-0.05, 0) is 24.3 Å². The molecule has 0 saturated carbocycles. The molecule has 2 rings (SSSR count). The zero-order valence-electron chi connectivity index (χ0n) is 10.4. The second-order valence-corrected chi connectivity index (χ2v) is 3.84. The number of rotatable bonds is 4. The molecule has 0 spiro atoms. The van der Waals surface area contributed by atoms with Gasteiger partial charge in [0, 0.05) is 4.57 Å². The van der Waals surface area contributed by atoms with Gasteiger partial charge in [-0.1, -0.05) is 36.4 Å². The number of para-hydroxylation sites is 2. The average Bonchev–Trinajstić information content (AvgIpc) is 2.31. The van der Waals surface area contributed by atoms with Gasteiger partial charge in [0.15, 0.2) is 11.5 Å². The summed E-state index contributed by atoms with van der Waals surface area (Å²) < 4.78 is 21.7.